The Morgan fingerprint density at radius 3 is 2.73 bits per heavy atom. The van der Waals surface area contributed by atoms with Gasteiger partial charge in [-0.05, 0) is 80.6 Å². The predicted octanol–water partition coefficient (Wildman–Crippen LogP) is 6.67. The number of aromatic amines is 1. The summed E-state index contributed by atoms with van der Waals surface area (Å²) in [5.41, 5.74) is 3.67. The lowest BCUT2D eigenvalue weighted by Crippen LogP contribution is -2.49. The number of fused-ring (bicyclic) bond motifs is 2. The first kappa shape index (κ1) is 27.3. The van der Waals surface area contributed by atoms with Gasteiger partial charge < -0.3 is 14.6 Å². The molecule has 0 fully saturated rings. The van der Waals surface area contributed by atoms with Crippen molar-refractivity contribution in [3.63, 3.8) is 0 Å². The lowest BCUT2D eigenvalue weighted by Gasteiger charge is -2.47. The van der Waals surface area contributed by atoms with E-state index in [1.807, 2.05) is 38.1 Å². The van der Waals surface area contributed by atoms with E-state index in [1.165, 1.54) is 0 Å². The molecule has 1 N–H and O–H groups in total. The molecule has 0 bridgehead atoms. The molecule has 0 amide bonds. The molecule has 2 aromatic carbocycles. The number of carbonyl (C=O) groups is 1. The molecule has 3 aromatic rings. The monoisotopic (exact) mass is 507 g/mol. The number of benzene rings is 2. The van der Waals surface area contributed by atoms with Gasteiger partial charge >= 0.3 is 5.97 Å². The van der Waals surface area contributed by atoms with Crippen LogP contribution in [0.4, 0.5) is 4.39 Å². The van der Waals surface area contributed by atoms with Gasteiger partial charge in [0.25, 0.3) is 0 Å². The van der Waals surface area contributed by atoms with Crippen LogP contribution in [0.2, 0.25) is 0 Å². The number of H-pyrrole nitrogens is 1. The largest absolute Gasteiger partial charge is 0.458 e. The number of esters is 1. The van der Waals surface area contributed by atoms with Crippen LogP contribution in [0.5, 0.6) is 0 Å². The Morgan fingerprint density at radius 1 is 1.22 bits per heavy atom. The molecule has 0 aliphatic heterocycles. The normalized spacial score (nSPS) is 20.4. The Morgan fingerprint density at radius 2 is 2.00 bits per heavy atom. The highest BCUT2D eigenvalue weighted by molar-refractivity contribution is 5.74. The van der Waals surface area contributed by atoms with Crippen molar-refractivity contribution in [1.29, 1.82) is 0 Å². The van der Waals surface area contributed by atoms with Crippen molar-refractivity contribution in [1.82, 2.24) is 14.9 Å². The van der Waals surface area contributed by atoms with Crippen molar-refractivity contribution in [3.8, 4) is 0 Å². The fourth-order valence-corrected chi connectivity index (χ4v) is 5.89. The molecule has 0 saturated heterocycles. The summed E-state index contributed by atoms with van der Waals surface area (Å²) in [5, 5.41) is 0. The van der Waals surface area contributed by atoms with E-state index >= 15 is 0 Å². The number of nitrogens with one attached hydrogen (secondary N) is 1. The number of imidazole rings is 1. The van der Waals surface area contributed by atoms with E-state index in [4.69, 9.17) is 9.72 Å². The average Bonchev–Trinajstić information content (AvgIpc) is 3.29. The van der Waals surface area contributed by atoms with Crippen molar-refractivity contribution < 1.29 is 13.9 Å². The highest BCUT2D eigenvalue weighted by atomic mass is 19.1. The van der Waals surface area contributed by atoms with Gasteiger partial charge in [-0.2, -0.15) is 0 Å². The first-order valence-corrected chi connectivity index (χ1v) is 13.9. The summed E-state index contributed by atoms with van der Waals surface area (Å²) in [4.78, 5) is 23.6. The maximum absolute atomic E-state index is 14.0. The van der Waals surface area contributed by atoms with E-state index < -0.39 is 5.60 Å². The van der Waals surface area contributed by atoms with Crippen molar-refractivity contribution in [2.75, 3.05) is 20.1 Å². The summed E-state index contributed by atoms with van der Waals surface area (Å²) >= 11 is 0. The van der Waals surface area contributed by atoms with E-state index in [-0.39, 0.29) is 29.5 Å². The molecule has 3 atom stereocenters. The molecule has 1 unspecified atom stereocenters. The zero-order valence-electron chi connectivity index (χ0n) is 23.0. The van der Waals surface area contributed by atoms with Gasteiger partial charge in [0.2, 0.25) is 0 Å². The second-order valence-corrected chi connectivity index (χ2v) is 11.2. The van der Waals surface area contributed by atoms with Gasteiger partial charge in [-0.15, -0.1) is 0 Å². The zero-order chi connectivity index (χ0) is 26.6. The molecule has 0 saturated carbocycles. The molecule has 4 rings (SSSR count). The second-order valence-electron chi connectivity index (χ2n) is 11.2. The van der Waals surface area contributed by atoms with Crippen LogP contribution in [0.25, 0.3) is 11.0 Å². The predicted molar refractivity (Wildman–Crippen MR) is 147 cm³/mol. The SMILES string of the molecule is CCC(C)C(=O)O[C@]1(CCN(C)CCCc2nc3ccccc3[nH]2)CCc2cc(F)ccc2[C@@H]1C(C)C. The van der Waals surface area contributed by atoms with Crippen LogP contribution in [0, 0.1) is 17.7 Å². The number of nitrogens with zero attached hydrogens (tertiary/aromatic N) is 2. The summed E-state index contributed by atoms with van der Waals surface area (Å²) in [7, 11) is 2.14. The van der Waals surface area contributed by atoms with E-state index in [9.17, 15) is 9.18 Å². The van der Waals surface area contributed by atoms with Gasteiger partial charge in [-0.25, -0.2) is 9.37 Å². The Hall–Kier alpha value is -2.73. The number of halogens is 1. The quantitative estimate of drug-likeness (QED) is 0.295. The lowest BCUT2D eigenvalue weighted by molar-refractivity contribution is -0.172. The Labute approximate surface area is 220 Å². The summed E-state index contributed by atoms with van der Waals surface area (Å²) in [6, 6.07) is 13.2. The number of carbonyl (C=O) groups excluding carboxylic acids is 1. The number of aryl methyl sites for hydroxylation is 2. The van der Waals surface area contributed by atoms with Crippen LogP contribution >= 0.6 is 0 Å². The maximum atomic E-state index is 14.0. The number of para-hydroxylation sites is 2. The third-order valence-electron chi connectivity index (χ3n) is 8.12. The highest BCUT2D eigenvalue weighted by Crippen LogP contribution is 2.48. The number of hydrogen-bond donors (Lipinski definition) is 1. The van der Waals surface area contributed by atoms with Crippen molar-refractivity contribution in [2.24, 2.45) is 11.8 Å². The van der Waals surface area contributed by atoms with Crippen molar-refractivity contribution in [3.05, 3.63) is 65.2 Å². The van der Waals surface area contributed by atoms with E-state index in [2.05, 4.69) is 36.8 Å². The Balaban J connectivity index is 1.46. The van der Waals surface area contributed by atoms with Crippen LogP contribution in [-0.4, -0.2) is 46.6 Å². The van der Waals surface area contributed by atoms with E-state index in [1.54, 1.807) is 12.1 Å². The standard InChI is InChI=1S/C31H42FN3O2/c1-6-22(4)30(36)37-31(16-15-23-20-24(32)13-14-25(23)29(31)21(2)3)17-19-35(5)18-9-12-28-33-26-10-7-8-11-27(26)34-28/h7-8,10-11,13-14,20-22,29H,6,9,12,15-19H2,1-5H3,(H,33,34)/t22?,29-,31-/m0/s1. The minimum Gasteiger partial charge on any atom is -0.458 e. The molecular weight excluding hydrogens is 465 g/mol. The minimum atomic E-state index is -0.591. The third-order valence-corrected chi connectivity index (χ3v) is 8.12. The molecule has 0 radical (unpaired) electrons. The van der Waals surface area contributed by atoms with Crippen LogP contribution in [-0.2, 0) is 22.4 Å². The number of ether oxygens (including phenoxy) is 1. The van der Waals surface area contributed by atoms with Gasteiger partial charge in [0, 0.05) is 25.3 Å². The second kappa shape index (κ2) is 11.8. The third kappa shape index (κ3) is 6.23. The Kier molecular flexibility index (Phi) is 8.68. The van der Waals surface area contributed by atoms with Gasteiger partial charge in [0.05, 0.1) is 17.0 Å². The van der Waals surface area contributed by atoms with E-state index in [0.717, 1.165) is 79.6 Å². The maximum Gasteiger partial charge on any atom is 0.309 e. The summed E-state index contributed by atoms with van der Waals surface area (Å²) in [6.45, 7) is 10.1. The average molecular weight is 508 g/mol. The molecule has 5 nitrogen and oxygen atoms in total. The fraction of sp³-hybridized carbons (Fsp3) is 0.548. The molecule has 1 aliphatic rings. The molecule has 6 heteroatoms. The molecule has 1 aliphatic carbocycles. The van der Waals surface area contributed by atoms with Gasteiger partial charge in [0.1, 0.15) is 17.2 Å². The van der Waals surface area contributed by atoms with Crippen LogP contribution in [0.1, 0.15) is 76.2 Å². The van der Waals surface area contributed by atoms with Crippen LogP contribution in [0.15, 0.2) is 42.5 Å². The minimum absolute atomic E-state index is 0.0359. The summed E-state index contributed by atoms with van der Waals surface area (Å²) in [6.07, 6.45) is 4.84. The summed E-state index contributed by atoms with van der Waals surface area (Å²) < 4.78 is 20.5. The van der Waals surface area contributed by atoms with Crippen molar-refractivity contribution >= 4 is 17.0 Å². The zero-order valence-corrected chi connectivity index (χ0v) is 23.0. The lowest BCUT2D eigenvalue weighted by atomic mass is 9.65. The fourth-order valence-electron chi connectivity index (χ4n) is 5.89. The van der Waals surface area contributed by atoms with Gasteiger partial charge in [-0.1, -0.05) is 45.9 Å². The molecular formula is C31H42FN3O2. The first-order valence-electron chi connectivity index (χ1n) is 13.9. The molecule has 200 valence electrons. The van der Waals surface area contributed by atoms with E-state index in [0.29, 0.717) is 0 Å². The molecule has 1 heterocycles. The van der Waals surface area contributed by atoms with Crippen molar-refractivity contribution in [2.45, 2.75) is 77.7 Å². The number of aromatic nitrogens is 2. The molecule has 0 spiro atoms. The number of rotatable bonds is 11. The summed E-state index contributed by atoms with van der Waals surface area (Å²) in [5.74, 6) is 0.854. The van der Waals surface area contributed by atoms with Gasteiger partial charge in [-0.3, -0.25) is 4.79 Å². The number of hydrogen-bond acceptors (Lipinski definition) is 4. The Bertz CT molecular complexity index is 1170. The van der Waals surface area contributed by atoms with Crippen LogP contribution in [0.3, 0.4) is 0 Å². The highest BCUT2D eigenvalue weighted by Gasteiger charge is 2.48. The smallest absolute Gasteiger partial charge is 0.309 e. The van der Waals surface area contributed by atoms with Gasteiger partial charge in [0.15, 0.2) is 0 Å². The first-order chi connectivity index (χ1) is 17.7. The molecule has 1 aromatic heterocycles. The van der Waals surface area contributed by atoms with Crippen LogP contribution < -0.4 is 0 Å². The topological polar surface area (TPSA) is 58.2 Å². The molecule has 37 heavy (non-hydrogen) atoms.